The maximum atomic E-state index is 10.9. The number of ether oxygens (including phenoxy) is 6. The summed E-state index contributed by atoms with van der Waals surface area (Å²) in [4.78, 5) is 0. The Hall–Kier alpha value is -2.56. The fourth-order valence-corrected chi connectivity index (χ4v) is 6.88. The molecule has 3 aromatic rings. The van der Waals surface area contributed by atoms with E-state index < -0.39 is 97.3 Å². The molecule has 0 spiro atoms. The molecule has 3 fully saturated rings. The molecule has 14 atom stereocenters. The molecule has 0 bridgehead atoms. The second kappa shape index (κ2) is 18.4. The highest BCUT2D eigenvalue weighted by Gasteiger charge is 2.58. The first-order valence-corrected chi connectivity index (χ1v) is 18.4. The smallest absolute Gasteiger partial charge is 0.214 e. The van der Waals surface area contributed by atoms with Gasteiger partial charge in [-0.2, -0.15) is 0 Å². The summed E-state index contributed by atoms with van der Waals surface area (Å²) in [6, 6.07) is 0. The lowest BCUT2D eigenvalue weighted by Crippen LogP contribution is -2.61. The molecule has 308 valence electrons. The Morgan fingerprint density at radius 1 is 0.709 bits per heavy atom. The Balaban J connectivity index is 0.972. The van der Waals surface area contributed by atoms with E-state index in [-0.39, 0.29) is 32.9 Å². The number of aromatic nitrogens is 9. The summed E-state index contributed by atoms with van der Waals surface area (Å²) in [7, 11) is 0. The first-order valence-electron chi connectivity index (χ1n) is 17.5. The number of aliphatic hydroxyl groups is 8. The van der Waals surface area contributed by atoms with Gasteiger partial charge in [-0.25, -0.2) is 9.36 Å². The van der Waals surface area contributed by atoms with Crippen molar-refractivity contribution >= 4 is 23.2 Å². The molecule has 3 saturated heterocycles. The molecule has 0 aliphatic carbocycles. The predicted octanol–water partition coefficient (Wildman–Crippen LogP) is -4.27. The Labute approximate surface area is 322 Å². The summed E-state index contributed by atoms with van der Waals surface area (Å²) in [5, 5.41) is 106. The molecule has 0 unspecified atom stereocenters. The lowest BCUT2D eigenvalue weighted by molar-refractivity contribution is -0.358. The maximum Gasteiger partial charge on any atom is 0.214 e. The minimum Gasteiger partial charge on any atom is -0.394 e. The van der Waals surface area contributed by atoms with Crippen molar-refractivity contribution in [3.8, 4) is 0 Å². The second-order valence-electron chi connectivity index (χ2n) is 13.5. The lowest BCUT2D eigenvalue weighted by Gasteiger charge is -2.43. The molecule has 6 rings (SSSR count). The van der Waals surface area contributed by atoms with Gasteiger partial charge < -0.3 is 69.3 Å². The summed E-state index contributed by atoms with van der Waals surface area (Å²) < 4.78 is 38.6. The standard InChI is InChI=1S/C30H45Cl2N9O14/c1-2-3-39-4-16(35-36-39)12-51-28-26(48)24(46)21(43)17(52-28)7-40-5-14(33-37-40)10-50-11-15-6-41(38-34-15)8-18-22(44)27(49)30(13-31,54-18)55-29-25(47)23(45)20(32)19(9-42)53-29/h4-6,17-29,42-49H,2-3,7-13H2,1H3/t17-,18-,19-,20+,21+,22+,23+,24+,25-,26+,27+,28-,29-,30+/m1/s1. The molecule has 3 aliphatic rings. The summed E-state index contributed by atoms with van der Waals surface area (Å²) in [6.07, 6.45) is -11.5. The molecule has 3 aromatic heterocycles. The van der Waals surface area contributed by atoms with Crippen molar-refractivity contribution < 1.29 is 69.3 Å². The third-order valence-electron chi connectivity index (χ3n) is 9.32. The van der Waals surface area contributed by atoms with Crippen LogP contribution in [0.4, 0.5) is 0 Å². The van der Waals surface area contributed by atoms with E-state index in [9.17, 15) is 40.9 Å². The van der Waals surface area contributed by atoms with Crippen molar-refractivity contribution in [2.45, 2.75) is 138 Å². The van der Waals surface area contributed by atoms with Gasteiger partial charge in [0.05, 0.1) is 69.4 Å². The second-order valence-corrected chi connectivity index (χ2v) is 14.2. The molecule has 23 nitrogen and oxygen atoms in total. The molecule has 0 radical (unpaired) electrons. The van der Waals surface area contributed by atoms with E-state index in [2.05, 4.69) is 30.9 Å². The Morgan fingerprint density at radius 2 is 1.27 bits per heavy atom. The van der Waals surface area contributed by atoms with Crippen LogP contribution in [-0.4, -0.2) is 183 Å². The molecular weight excluding hydrogens is 781 g/mol. The molecular formula is C30H45Cl2N9O14. The molecule has 0 amide bonds. The number of alkyl halides is 2. The van der Waals surface area contributed by atoms with Crippen LogP contribution in [0.25, 0.3) is 0 Å². The largest absolute Gasteiger partial charge is 0.394 e. The van der Waals surface area contributed by atoms with Gasteiger partial charge >= 0.3 is 0 Å². The van der Waals surface area contributed by atoms with Crippen molar-refractivity contribution in [2.75, 3.05) is 12.5 Å². The highest BCUT2D eigenvalue weighted by atomic mass is 35.5. The Kier molecular flexibility index (Phi) is 14.0. The Morgan fingerprint density at radius 3 is 1.89 bits per heavy atom. The third kappa shape index (κ3) is 9.44. The van der Waals surface area contributed by atoms with E-state index in [1.165, 1.54) is 15.6 Å². The number of hydrogen-bond donors (Lipinski definition) is 8. The van der Waals surface area contributed by atoms with Gasteiger partial charge in [-0.3, -0.25) is 4.68 Å². The number of halogens is 2. The van der Waals surface area contributed by atoms with E-state index in [1.54, 1.807) is 17.1 Å². The number of rotatable bonds is 17. The van der Waals surface area contributed by atoms with E-state index >= 15 is 0 Å². The average molecular weight is 827 g/mol. The summed E-state index contributed by atoms with van der Waals surface area (Å²) >= 11 is 12.1. The van der Waals surface area contributed by atoms with Crippen molar-refractivity contribution in [2.24, 2.45) is 0 Å². The van der Waals surface area contributed by atoms with Gasteiger partial charge in [0.2, 0.25) is 5.79 Å². The van der Waals surface area contributed by atoms with Crippen LogP contribution in [-0.2, 0) is 67.9 Å². The maximum absolute atomic E-state index is 10.9. The van der Waals surface area contributed by atoms with E-state index in [0.29, 0.717) is 23.6 Å². The average Bonchev–Trinajstić information content (AvgIpc) is 3.98. The minimum atomic E-state index is -2.07. The quantitative estimate of drug-likeness (QED) is 0.0598. The van der Waals surface area contributed by atoms with E-state index in [1.807, 2.05) is 6.92 Å². The topological polar surface area (TPSA) is 309 Å². The van der Waals surface area contributed by atoms with Crippen LogP contribution in [0.5, 0.6) is 0 Å². The molecule has 3 aliphatic heterocycles. The highest BCUT2D eigenvalue weighted by Crippen LogP contribution is 2.38. The third-order valence-corrected chi connectivity index (χ3v) is 10.2. The van der Waals surface area contributed by atoms with Crippen LogP contribution in [0.2, 0.25) is 0 Å². The summed E-state index contributed by atoms with van der Waals surface area (Å²) in [5.74, 6) is -2.59. The van der Waals surface area contributed by atoms with Gasteiger partial charge in [0, 0.05) is 6.54 Å². The van der Waals surface area contributed by atoms with Gasteiger partial charge in [-0.15, -0.1) is 38.5 Å². The minimum absolute atomic E-state index is 0.00431. The van der Waals surface area contributed by atoms with Crippen LogP contribution < -0.4 is 0 Å². The number of aryl methyl sites for hydroxylation is 1. The van der Waals surface area contributed by atoms with Crippen molar-refractivity contribution in [1.29, 1.82) is 0 Å². The van der Waals surface area contributed by atoms with Crippen LogP contribution in [0.1, 0.15) is 30.4 Å². The van der Waals surface area contributed by atoms with Gasteiger partial charge in [-0.05, 0) is 6.42 Å². The first-order chi connectivity index (χ1) is 26.4. The molecule has 25 heteroatoms. The van der Waals surface area contributed by atoms with E-state index in [4.69, 9.17) is 51.6 Å². The molecule has 0 saturated carbocycles. The number of hydrogen-bond acceptors (Lipinski definition) is 20. The van der Waals surface area contributed by atoms with Crippen LogP contribution in [0.3, 0.4) is 0 Å². The van der Waals surface area contributed by atoms with Crippen LogP contribution in [0.15, 0.2) is 18.6 Å². The predicted molar refractivity (Wildman–Crippen MR) is 179 cm³/mol. The zero-order chi connectivity index (χ0) is 39.4. The van der Waals surface area contributed by atoms with Crippen LogP contribution >= 0.6 is 23.2 Å². The van der Waals surface area contributed by atoms with Gasteiger partial charge in [0.1, 0.15) is 78.1 Å². The van der Waals surface area contributed by atoms with Crippen molar-refractivity contribution in [3.05, 3.63) is 35.7 Å². The number of nitrogens with zero attached hydrogens (tertiary/aromatic N) is 9. The SMILES string of the molecule is CCCn1cc(CO[C@@H]2O[C@H](Cn3cc(COCc4cn(C[C@H]5O[C@@](CCl)(O[C@H]6O[C@H](CO)[C@H](Cl)[C@H](O)[C@H]6O)[C@@H](O)[C@H]5O)nn4)nn3)[C@H](O)[C@H](O)[C@@H]2O)nn1. The molecule has 55 heavy (non-hydrogen) atoms. The summed E-state index contributed by atoms with van der Waals surface area (Å²) in [6.45, 7) is 1.89. The number of aliphatic hydroxyl groups excluding tert-OH is 8. The molecule has 0 aromatic carbocycles. The van der Waals surface area contributed by atoms with Crippen molar-refractivity contribution in [1.82, 2.24) is 45.0 Å². The zero-order valence-electron chi connectivity index (χ0n) is 29.4. The molecule has 8 N–H and O–H groups in total. The zero-order valence-corrected chi connectivity index (χ0v) is 30.9. The van der Waals surface area contributed by atoms with Crippen LogP contribution in [0, 0.1) is 0 Å². The Bertz CT molecular complexity index is 1660. The molecule has 6 heterocycles. The van der Waals surface area contributed by atoms with Crippen molar-refractivity contribution in [3.63, 3.8) is 0 Å². The fraction of sp³-hybridized carbons (Fsp3) is 0.800. The summed E-state index contributed by atoms with van der Waals surface area (Å²) in [5.41, 5.74) is 1.32. The van der Waals surface area contributed by atoms with Gasteiger partial charge in [0.25, 0.3) is 0 Å². The highest BCUT2D eigenvalue weighted by molar-refractivity contribution is 6.21. The first kappa shape index (κ1) is 42.1. The van der Waals surface area contributed by atoms with Gasteiger partial charge in [0.15, 0.2) is 12.6 Å². The van der Waals surface area contributed by atoms with E-state index in [0.717, 1.165) is 6.42 Å². The lowest BCUT2D eigenvalue weighted by atomic mass is 9.99. The fourth-order valence-electron chi connectivity index (χ4n) is 6.31. The monoisotopic (exact) mass is 825 g/mol. The van der Waals surface area contributed by atoms with Gasteiger partial charge in [-0.1, -0.05) is 22.6 Å². The normalized spacial score (nSPS) is 36.8.